The van der Waals surface area contributed by atoms with Crippen LogP contribution in [0.25, 0.3) is 5.70 Å². The lowest BCUT2D eigenvalue weighted by Crippen LogP contribution is -2.01. The average Bonchev–Trinajstić information content (AvgIpc) is 2.96. The number of rotatable bonds is 1. The third kappa shape index (κ3) is 1.84. The summed E-state index contributed by atoms with van der Waals surface area (Å²) in [6, 6.07) is 0. The zero-order valence-corrected chi connectivity index (χ0v) is 10.6. The first-order valence-corrected chi connectivity index (χ1v) is 6.16. The van der Waals surface area contributed by atoms with Crippen LogP contribution in [0.4, 0.5) is 0 Å². The van der Waals surface area contributed by atoms with Crippen molar-refractivity contribution in [2.24, 2.45) is 11.8 Å². The van der Waals surface area contributed by atoms with E-state index in [9.17, 15) is 0 Å². The van der Waals surface area contributed by atoms with Crippen LogP contribution >= 0.6 is 0 Å². The summed E-state index contributed by atoms with van der Waals surface area (Å²) in [5.41, 5.74) is 2.83. The number of allylic oxidation sites excluding steroid dienone is 4. The Bertz CT molecular complexity index is 437. The third-order valence-corrected chi connectivity index (χ3v) is 3.29. The maximum Gasteiger partial charge on any atom is 0.110 e. The number of aromatic nitrogens is 2. The molecule has 1 aromatic rings. The summed E-state index contributed by atoms with van der Waals surface area (Å²) in [6.07, 6.45) is 9.92. The molecule has 2 nitrogen and oxygen atoms in total. The maximum atomic E-state index is 4.25. The molecule has 0 aliphatic heterocycles. The van der Waals surface area contributed by atoms with Gasteiger partial charge in [0, 0.05) is 18.1 Å². The van der Waals surface area contributed by atoms with Gasteiger partial charge in [-0.05, 0) is 38.2 Å². The molecule has 2 heteroatoms. The summed E-state index contributed by atoms with van der Waals surface area (Å²) in [5, 5.41) is 0. The van der Waals surface area contributed by atoms with Gasteiger partial charge in [-0.1, -0.05) is 25.5 Å². The van der Waals surface area contributed by atoms with Crippen molar-refractivity contribution in [3.8, 4) is 0 Å². The molecule has 0 radical (unpaired) electrons. The number of imidazole rings is 1. The van der Waals surface area contributed by atoms with Crippen LogP contribution in [0.1, 0.15) is 33.0 Å². The number of hydrogen-bond acceptors (Lipinski definition) is 1. The fourth-order valence-corrected chi connectivity index (χ4v) is 2.33. The van der Waals surface area contributed by atoms with Crippen molar-refractivity contribution in [1.82, 2.24) is 9.55 Å². The molecule has 1 fully saturated rings. The molecule has 2 aliphatic rings. The highest BCUT2D eigenvalue weighted by molar-refractivity contribution is 5.63. The van der Waals surface area contributed by atoms with Gasteiger partial charge in [-0.15, -0.1) is 0 Å². The van der Waals surface area contributed by atoms with Crippen LogP contribution in [-0.4, -0.2) is 9.55 Å². The highest BCUT2D eigenvalue weighted by atomic mass is 15.1. The van der Waals surface area contributed by atoms with Gasteiger partial charge >= 0.3 is 0 Å². The predicted molar refractivity (Wildman–Crippen MR) is 67.9 cm³/mol. The van der Waals surface area contributed by atoms with E-state index in [1.54, 1.807) is 0 Å². The van der Waals surface area contributed by atoms with Crippen molar-refractivity contribution in [1.29, 1.82) is 0 Å². The largest absolute Gasteiger partial charge is 0.304 e. The van der Waals surface area contributed by atoms with Gasteiger partial charge in [0.2, 0.25) is 0 Å². The van der Waals surface area contributed by atoms with E-state index in [2.05, 4.69) is 28.6 Å². The summed E-state index contributed by atoms with van der Waals surface area (Å²) in [4.78, 5) is 4.25. The molecule has 2 aliphatic carbocycles. The van der Waals surface area contributed by atoms with E-state index in [1.165, 1.54) is 17.7 Å². The predicted octanol–water partition coefficient (Wildman–Crippen LogP) is 3.65. The number of fused-ring (bicyclic) bond motifs is 1. The van der Waals surface area contributed by atoms with Crippen LogP contribution in [0.5, 0.6) is 0 Å². The first kappa shape index (κ1) is 11.2. The highest BCUT2D eigenvalue weighted by Crippen LogP contribution is 2.49. The molecule has 2 atom stereocenters. The molecule has 1 heterocycles. The Hall–Kier alpha value is -1.31. The molecular formula is C14H20N2. The molecule has 86 valence electrons. The van der Waals surface area contributed by atoms with Crippen LogP contribution in [0, 0.1) is 18.8 Å². The van der Waals surface area contributed by atoms with Crippen molar-refractivity contribution >= 4 is 5.70 Å². The Balaban J connectivity index is 0.000000457. The minimum atomic E-state index is 0.803. The fourth-order valence-electron chi connectivity index (χ4n) is 2.33. The number of nitrogens with zero attached hydrogens (tertiary/aromatic N) is 2. The van der Waals surface area contributed by atoms with Gasteiger partial charge in [-0.2, -0.15) is 0 Å². The van der Waals surface area contributed by atoms with Gasteiger partial charge in [0.25, 0.3) is 0 Å². The molecule has 1 aromatic heterocycles. The fraction of sp³-hybridized carbons (Fsp3) is 0.500. The second-order valence-electron chi connectivity index (χ2n) is 4.33. The average molecular weight is 216 g/mol. The van der Waals surface area contributed by atoms with E-state index in [1.807, 2.05) is 33.2 Å². The Morgan fingerprint density at radius 2 is 2.06 bits per heavy atom. The Morgan fingerprint density at radius 3 is 2.62 bits per heavy atom. The molecule has 16 heavy (non-hydrogen) atoms. The molecule has 0 aromatic carbocycles. The molecule has 0 saturated heterocycles. The van der Waals surface area contributed by atoms with E-state index in [0.717, 1.165) is 17.7 Å². The van der Waals surface area contributed by atoms with Crippen LogP contribution in [-0.2, 0) is 0 Å². The summed E-state index contributed by atoms with van der Waals surface area (Å²) in [6.45, 7) is 8.28. The van der Waals surface area contributed by atoms with E-state index in [0.29, 0.717) is 0 Å². The van der Waals surface area contributed by atoms with E-state index in [4.69, 9.17) is 0 Å². The molecular weight excluding hydrogens is 196 g/mol. The molecule has 3 rings (SSSR count). The van der Waals surface area contributed by atoms with Gasteiger partial charge in [0.1, 0.15) is 5.82 Å². The van der Waals surface area contributed by atoms with Crippen molar-refractivity contribution < 1.29 is 0 Å². The topological polar surface area (TPSA) is 17.8 Å². The van der Waals surface area contributed by atoms with Crippen molar-refractivity contribution in [2.75, 3.05) is 0 Å². The Kier molecular flexibility index (Phi) is 2.99. The van der Waals surface area contributed by atoms with Crippen LogP contribution in [0.15, 0.2) is 30.1 Å². The van der Waals surface area contributed by atoms with Gasteiger partial charge in [-0.25, -0.2) is 4.98 Å². The number of hydrogen-bond donors (Lipinski definition) is 0. The lowest BCUT2D eigenvalue weighted by atomic mass is 10.0. The first-order chi connectivity index (χ1) is 7.75. The van der Waals surface area contributed by atoms with Crippen LogP contribution in [0.3, 0.4) is 0 Å². The summed E-state index contributed by atoms with van der Waals surface area (Å²) < 4.78 is 2.16. The normalized spacial score (nSPS) is 26.0. The SMILES string of the molecule is CC.CC1=CC(n2ccnc2C)=CC2CC12. The van der Waals surface area contributed by atoms with Crippen molar-refractivity contribution in [2.45, 2.75) is 34.1 Å². The lowest BCUT2D eigenvalue weighted by molar-refractivity contribution is 0.887. The molecule has 1 saturated carbocycles. The molecule has 2 unspecified atom stereocenters. The first-order valence-electron chi connectivity index (χ1n) is 6.16. The summed E-state index contributed by atoms with van der Waals surface area (Å²) >= 11 is 0. The second-order valence-corrected chi connectivity index (χ2v) is 4.33. The minimum absolute atomic E-state index is 0.803. The summed E-state index contributed by atoms with van der Waals surface area (Å²) in [7, 11) is 0. The molecule has 0 N–H and O–H groups in total. The van der Waals surface area contributed by atoms with E-state index >= 15 is 0 Å². The Morgan fingerprint density at radius 1 is 1.31 bits per heavy atom. The van der Waals surface area contributed by atoms with Crippen LogP contribution < -0.4 is 0 Å². The van der Waals surface area contributed by atoms with Crippen molar-refractivity contribution in [3.63, 3.8) is 0 Å². The monoisotopic (exact) mass is 216 g/mol. The lowest BCUT2D eigenvalue weighted by Gasteiger charge is -2.12. The zero-order valence-electron chi connectivity index (χ0n) is 10.6. The molecule has 0 spiro atoms. The second kappa shape index (κ2) is 4.28. The van der Waals surface area contributed by atoms with E-state index < -0.39 is 0 Å². The Labute approximate surface area is 97.7 Å². The highest BCUT2D eigenvalue weighted by Gasteiger charge is 2.39. The molecule has 0 bridgehead atoms. The van der Waals surface area contributed by atoms with Gasteiger partial charge in [0.05, 0.1) is 0 Å². The quantitative estimate of drug-likeness (QED) is 0.700. The van der Waals surface area contributed by atoms with Crippen molar-refractivity contribution in [3.05, 3.63) is 35.9 Å². The standard InChI is InChI=1S/C12H14N2.C2H6/c1-8-5-11(6-10-7-12(8)10)14-4-3-13-9(14)2;1-2/h3-6,10,12H,7H2,1-2H3;1-2H3. The maximum absolute atomic E-state index is 4.25. The smallest absolute Gasteiger partial charge is 0.110 e. The third-order valence-electron chi connectivity index (χ3n) is 3.29. The van der Waals surface area contributed by atoms with Gasteiger partial charge in [0.15, 0.2) is 0 Å². The summed E-state index contributed by atoms with van der Waals surface area (Å²) in [5.74, 6) is 2.72. The van der Waals surface area contributed by atoms with E-state index in [-0.39, 0.29) is 0 Å². The van der Waals surface area contributed by atoms with Gasteiger partial charge in [-0.3, -0.25) is 0 Å². The minimum Gasteiger partial charge on any atom is -0.304 e. The zero-order chi connectivity index (χ0) is 11.7. The molecule has 0 amide bonds. The van der Waals surface area contributed by atoms with Crippen LogP contribution in [0.2, 0.25) is 0 Å². The van der Waals surface area contributed by atoms with Gasteiger partial charge < -0.3 is 4.57 Å². The number of aryl methyl sites for hydroxylation is 1.